The van der Waals surface area contributed by atoms with Gasteiger partial charge in [0, 0.05) is 18.2 Å². The minimum absolute atomic E-state index is 0.0434. The Morgan fingerprint density at radius 1 is 0.730 bits per heavy atom. The van der Waals surface area contributed by atoms with Gasteiger partial charge in [0.1, 0.15) is 5.69 Å². The third kappa shape index (κ3) is 6.43. The van der Waals surface area contributed by atoms with Gasteiger partial charge in [0.05, 0.1) is 35.5 Å². The third-order valence-electron chi connectivity index (χ3n) is 5.39. The van der Waals surface area contributed by atoms with Crippen LogP contribution in [0.2, 0.25) is 0 Å². The molecule has 9 heteroatoms. The molecule has 0 saturated carbocycles. The summed E-state index contributed by atoms with van der Waals surface area (Å²) < 4.78 is 54.7. The smallest absolute Gasteiger partial charge is 0.203 e. The quantitative estimate of drug-likeness (QED) is 0.175. The molecule has 194 valence electrons. The van der Waals surface area contributed by atoms with Gasteiger partial charge in [0.15, 0.2) is 40.4 Å². The summed E-state index contributed by atoms with van der Waals surface area (Å²) >= 11 is 0. The van der Waals surface area contributed by atoms with Crippen molar-refractivity contribution in [3.05, 3.63) is 70.8 Å². The monoisotopic (exact) mass is 511 g/mol. The summed E-state index contributed by atoms with van der Waals surface area (Å²) in [5.41, 5.74) is 1.60. The lowest BCUT2D eigenvalue weighted by atomic mass is 10.1. The van der Waals surface area contributed by atoms with Crippen LogP contribution in [0.15, 0.2) is 47.5 Å². The van der Waals surface area contributed by atoms with Crippen LogP contribution in [0.4, 0.5) is 14.5 Å². The van der Waals surface area contributed by atoms with E-state index >= 15 is 0 Å². The van der Waals surface area contributed by atoms with Crippen molar-refractivity contribution in [2.75, 3.05) is 35.5 Å². The molecule has 0 spiro atoms. The highest BCUT2D eigenvalue weighted by Gasteiger charge is 2.14. The molecular formula is C28H27F2NO6. The van der Waals surface area contributed by atoms with Crippen LogP contribution >= 0.6 is 0 Å². The first-order chi connectivity index (χ1) is 17.8. The number of carbonyl (C=O) groups is 1. The molecule has 0 fully saturated rings. The van der Waals surface area contributed by atoms with Gasteiger partial charge in [-0.3, -0.25) is 9.79 Å². The summed E-state index contributed by atoms with van der Waals surface area (Å²) in [6.45, 7) is 0. The molecule has 0 aromatic heterocycles. The fourth-order valence-electron chi connectivity index (χ4n) is 3.57. The molecule has 0 saturated heterocycles. The highest BCUT2D eigenvalue weighted by molar-refractivity contribution is 6.04. The Hall–Kier alpha value is -4.40. The van der Waals surface area contributed by atoms with Gasteiger partial charge in [0.2, 0.25) is 5.75 Å². The molecule has 3 rings (SSSR count). The number of hydrogen-bond donors (Lipinski definition) is 0. The number of methoxy groups -OCH3 is 5. The van der Waals surface area contributed by atoms with Gasteiger partial charge in [-0.15, -0.1) is 0 Å². The number of benzene rings is 3. The first-order valence-corrected chi connectivity index (χ1v) is 11.1. The molecular weight excluding hydrogens is 484 g/mol. The largest absolute Gasteiger partial charge is 0.494 e. The summed E-state index contributed by atoms with van der Waals surface area (Å²) in [6.07, 6.45) is 4.64. The van der Waals surface area contributed by atoms with Crippen molar-refractivity contribution in [3.8, 4) is 28.7 Å². The lowest BCUT2D eigenvalue weighted by Crippen LogP contribution is -2.01. The maximum atomic E-state index is 14.7. The van der Waals surface area contributed by atoms with Crippen molar-refractivity contribution < 1.29 is 37.3 Å². The van der Waals surface area contributed by atoms with Gasteiger partial charge in [-0.1, -0.05) is 12.2 Å². The van der Waals surface area contributed by atoms with E-state index in [-0.39, 0.29) is 35.0 Å². The zero-order valence-corrected chi connectivity index (χ0v) is 21.1. The highest BCUT2D eigenvalue weighted by Crippen LogP contribution is 2.39. The molecule has 0 aliphatic heterocycles. The van der Waals surface area contributed by atoms with Crippen molar-refractivity contribution in [1.29, 1.82) is 0 Å². The van der Waals surface area contributed by atoms with Gasteiger partial charge in [-0.25, -0.2) is 8.78 Å². The molecule has 0 aliphatic rings. The molecule has 0 heterocycles. The average Bonchev–Trinajstić information content (AvgIpc) is 2.90. The fraction of sp³-hybridized carbons (Fsp3) is 0.214. The zero-order chi connectivity index (χ0) is 26.9. The Labute approximate surface area is 213 Å². The van der Waals surface area contributed by atoms with E-state index in [1.54, 1.807) is 30.4 Å². The molecule has 0 atom stereocenters. The lowest BCUT2D eigenvalue weighted by molar-refractivity contribution is 0.100. The van der Waals surface area contributed by atoms with Crippen LogP contribution in [0.1, 0.15) is 27.9 Å². The van der Waals surface area contributed by atoms with Crippen molar-refractivity contribution in [2.24, 2.45) is 4.99 Å². The topological polar surface area (TPSA) is 75.6 Å². The predicted molar refractivity (Wildman–Crippen MR) is 138 cm³/mol. The van der Waals surface area contributed by atoms with Crippen LogP contribution in [0.25, 0.3) is 12.2 Å². The van der Waals surface area contributed by atoms with Crippen molar-refractivity contribution in [3.63, 3.8) is 0 Å². The second-order valence-corrected chi connectivity index (χ2v) is 7.64. The number of ether oxygens (including phenoxy) is 5. The molecule has 0 aliphatic carbocycles. The predicted octanol–water partition coefficient (Wildman–Crippen LogP) is 6.15. The van der Waals surface area contributed by atoms with Gasteiger partial charge in [0.25, 0.3) is 0 Å². The van der Waals surface area contributed by atoms with Gasteiger partial charge in [-0.2, -0.15) is 0 Å². The fourth-order valence-corrected chi connectivity index (χ4v) is 3.57. The summed E-state index contributed by atoms with van der Waals surface area (Å²) in [7, 11) is 7.22. The average molecular weight is 512 g/mol. The van der Waals surface area contributed by atoms with Crippen LogP contribution in [0, 0.1) is 11.6 Å². The van der Waals surface area contributed by atoms with Crippen LogP contribution < -0.4 is 23.7 Å². The van der Waals surface area contributed by atoms with E-state index < -0.39 is 11.6 Å². The van der Waals surface area contributed by atoms with Crippen LogP contribution in [-0.2, 0) is 0 Å². The summed E-state index contributed by atoms with van der Waals surface area (Å²) in [5, 5.41) is 0. The lowest BCUT2D eigenvalue weighted by Gasteiger charge is -2.13. The normalized spacial score (nSPS) is 11.1. The first kappa shape index (κ1) is 27.2. The van der Waals surface area contributed by atoms with Crippen LogP contribution in [0.5, 0.6) is 28.7 Å². The van der Waals surface area contributed by atoms with E-state index in [1.807, 2.05) is 0 Å². The van der Waals surface area contributed by atoms with Gasteiger partial charge in [-0.05, 0) is 53.6 Å². The van der Waals surface area contributed by atoms with E-state index in [4.69, 9.17) is 23.7 Å². The Morgan fingerprint density at radius 3 is 1.86 bits per heavy atom. The third-order valence-corrected chi connectivity index (χ3v) is 5.39. The molecule has 0 bridgehead atoms. The molecule has 0 unspecified atom stereocenters. The maximum absolute atomic E-state index is 14.7. The van der Waals surface area contributed by atoms with E-state index in [0.717, 1.165) is 11.6 Å². The van der Waals surface area contributed by atoms with Crippen LogP contribution in [-0.4, -0.2) is 47.5 Å². The molecule has 0 amide bonds. The van der Waals surface area contributed by atoms with Gasteiger partial charge >= 0.3 is 0 Å². The second-order valence-electron chi connectivity index (χ2n) is 7.64. The molecule has 37 heavy (non-hydrogen) atoms. The number of rotatable bonds is 11. The number of Topliss-reactive ketones (excluding diaryl/α,β-unsaturated/α-hetero) is 1. The summed E-state index contributed by atoms with van der Waals surface area (Å²) in [4.78, 5) is 16.7. The summed E-state index contributed by atoms with van der Waals surface area (Å²) in [6, 6.07) is 10.4. The van der Waals surface area contributed by atoms with E-state index in [1.165, 1.54) is 60.0 Å². The second kappa shape index (κ2) is 12.5. The SMILES string of the molecule is COc1ccc(C(=O)CC=Nc2cc(/C=C\c3cc(OC)c(OC)c(OC)c3)cc(F)c2OC)cc1F. The zero-order valence-electron chi connectivity index (χ0n) is 21.1. The summed E-state index contributed by atoms with van der Waals surface area (Å²) in [5.74, 6) is -0.218. The molecule has 0 N–H and O–H groups in total. The number of aliphatic imine (C=N–C) groups is 1. The van der Waals surface area contributed by atoms with E-state index in [9.17, 15) is 13.6 Å². The van der Waals surface area contributed by atoms with Crippen molar-refractivity contribution >= 4 is 29.8 Å². The Bertz CT molecular complexity index is 1310. The molecule has 3 aromatic carbocycles. The molecule has 3 aromatic rings. The van der Waals surface area contributed by atoms with Crippen molar-refractivity contribution in [1.82, 2.24) is 0 Å². The molecule has 7 nitrogen and oxygen atoms in total. The van der Waals surface area contributed by atoms with E-state index in [2.05, 4.69) is 4.99 Å². The maximum Gasteiger partial charge on any atom is 0.203 e. The number of halogens is 2. The Kier molecular flexibility index (Phi) is 9.21. The Balaban J connectivity index is 1.84. The number of ketones is 1. The Morgan fingerprint density at radius 2 is 1.32 bits per heavy atom. The van der Waals surface area contributed by atoms with Crippen molar-refractivity contribution in [2.45, 2.75) is 6.42 Å². The number of carbonyl (C=O) groups excluding carboxylic acids is 1. The number of nitrogens with zero attached hydrogens (tertiary/aromatic N) is 1. The molecule has 0 radical (unpaired) electrons. The minimum Gasteiger partial charge on any atom is -0.494 e. The van der Waals surface area contributed by atoms with Gasteiger partial charge < -0.3 is 23.7 Å². The van der Waals surface area contributed by atoms with Crippen LogP contribution in [0.3, 0.4) is 0 Å². The van der Waals surface area contributed by atoms with E-state index in [0.29, 0.717) is 22.8 Å². The first-order valence-electron chi connectivity index (χ1n) is 11.1. The standard InChI is InChI=1S/C28H27F2NO6/c1-33-24-9-8-19(16-20(24)29)23(32)10-11-31-22-13-17(12-21(30)27(22)36-4)6-7-18-14-25(34-2)28(37-5)26(15-18)35-3/h6-9,11-16H,10H2,1-5H3/b7-6-,31-11?. The number of hydrogen-bond acceptors (Lipinski definition) is 7. The minimum atomic E-state index is -0.638. The highest BCUT2D eigenvalue weighted by atomic mass is 19.1.